The molecule has 0 aliphatic heterocycles. The summed E-state index contributed by atoms with van der Waals surface area (Å²) in [5.41, 5.74) is 9.70. The predicted molar refractivity (Wildman–Crippen MR) is 74.4 cm³/mol. The zero-order chi connectivity index (χ0) is 13.1. The average molecular weight is 243 g/mol. The molecule has 4 heteroatoms. The van der Waals surface area contributed by atoms with Crippen molar-refractivity contribution in [1.82, 2.24) is 4.98 Å². The van der Waals surface area contributed by atoms with E-state index in [-0.39, 0.29) is 0 Å². The summed E-state index contributed by atoms with van der Waals surface area (Å²) in [6, 6.07) is 9.82. The van der Waals surface area contributed by atoms with Crippen molar-refractivity contribution in [1.29, 1.82) is 0 Å². The molecule has 2 aromatic rings. The molecule has 0 saturated carbocycles. The van der Waals surface area contributed by atoms with E-state index in [1.54, 1.807) is 13.2 Å². The lowest BCUT2D eigenvalue weighted by Gasteiger charge is -2.11. The van der Waals surface area contributed by atoms with Gasteiger partial charge in [-0.2, -0.15) is 4.98 Å². The number of anilines is 3. The molecule has 0 fully saturated rings. The third-order valence-electron chi connectivity index (χ3n) is 2.73. The van der Waals surface area contributed by atoms with E-state index in [1.165, 1.54) is 11.1 Å². The molecule has 18 heavy (non-hydrogen) atoms. The molecule has 1 heterocycles. The number of pyridine rings is 1. The number of rotatable bonds is 3. The van der Waals surface area contributed by atoms with Gasteiger partial charge < -0.3 is 15.8 Å². The van der Waals surface area contributed by atoms with Crippen molar-refractivity contribution in [3.63, 3.8) is 0 Å². The van der Waals surface area contributed by atoms with Crippen molar-refractivity contribution in [3.8, 4) is 5.88 Å². The molecule has 4 nitrogen and oxygen atoms in total. The van der Waals surface area contributed by atoms with Gasteiger partial charge in [-0.3, -0.25) is 0 Å². The highest BCUT2D eigenvalue weighted by molar-refractivity contribution is 5.63. The van der Waals surface area contributed by atoms with E-state index >= 15 is 0 Å². The van der Waals surface area contributed by atoms with Crippen LogP contribution in [-0.4, -0.2) is 12.1 Å². The van der Waals surface area contributed by atoms with Gasteiger partial charge in [0.15, 0.2) is 0 Å². The van der Waals surface area contributed by atoms with Gasteiger partial charge in [-0.1, -0.05) is 17.7 Å². The fourth-order valence-corrected chi connectivity index (χ4v) is 1.78. The van der Waals surface area contributed by atoms with Crippen molar-refractivity contribution >= 4 is 17.2 Å². The second kappa shape index (κ2) is 4.96. The number of methoxy groups -OCH3 is 1. The highest BCUT2D eigenvalue weighted by Crippen LogP contribution is 2.24. The van der Waals surface area contributed by atoms with E-state index in [2.05, 4.69) is 36.3 Å². The Morgan fingerprint density at radius 2 is 1.94 bits per heavy atom. The van der Waals surface area contributed by atoms with Gasteiger partial charge in [0.25, 0.3) is 0 Å². The Balaban J connectivity index is 2.28. The van der Waals surface area contributed by atoms with Crippen LogP contribution in [0.4, 0.5) is 17.2 Å². The molecule has 1 aromatic heterocycles. The van der Waals surface area contributed by atoms with Crippen LogP contribution >= 0.6 is 0 Å². The summed E-state index contributed by atoms with van der Waals surface area (Å²) in [5, 5.41) is 3.25. The Morgan fingerprint density at radius 1 is 1.17 bits per heavy atom. The first-order valence-electron chi connectivity index (χ1n) is 5.75. The Labute approximate surface area is 107 Å². The van der Waals surface area contributed by atoms with Gasteiger partial charge in [-0.25, -0.2) is 0 Å². The van der Waals surface area contributed by atoms with Crippen molar-refractivity contribution < 1.29 is 4.74 Å². The number of aromatic nitrogens is 1. The zero-order valence-electron chi connectivity index (χ0n) is 10.8. The molecule has 94 valence electrons. The third-order valence-corrected chi connectivity index (χ3v) is 2.73. The van der Waals surface area contributed by atoms with Crippen LogP contribution in [-0.2, 0) is 0 Å². The molecule has 0 bridgehead atoms. The topological polar surface area (TPSA) is 60.2 Å². The molecule has 0 amide bonds. The number of hydrogen-bond donors (Lipinski definition) is 2. The monoisotopic (exact) mass is 243 g/mol. The lowest BCUT2D eigenvalue weighted by atomic mass is 10.1. The first kappa shape index (κ1) is 12.2. The van der Waals surface area contributed by atoms with Crippen molar-refractivity contribution in [3.05, 3.63) is 41.5 Å². The van der Waals surface area contributed by atoms with Crippen LogP contribution < -0.4 is 15.8 Å². The summed E-state index contributed by atoms with van der Waals surface area (Å²) in [6.07, 6.45) is 0. The average Bonchev–Trinajstić information content (AvgIpc) is 2.35. The molecule has 0 radical (unpaired) electrons. The minimum Gasteiger partial charge on any atom is -0.479 e. The van der Waals surface area contributed by atoms with Crippen LogP contribution in [0.1, 0.15) is 11.1 Å². The van der Waals surface area contributed by atoms with E-state index in [4.69, 9.17) is 10.5 Å². The summed E-state index contributed by atoms with van der Waals surface area (Å²) in [7, 11) is 1.56. The number of nitrogens with two attached hydrogens (primary N) is 1. The second-order valence-electron chi connectivity index (χ2n) is 4.24. The minimum absolute atomic E-state index is 0.435. The number of nitrogens with one attached hydrogen (secondary N) is 1. The van der Waals surface area contributed by atoms with Crippen LogP contribution in [0.15, 0.2) is 30.3 Å². The summed E-state index contributed by atoms with van der Waals surface area (Å²) in [4.78, 5) is 4.29. The fraction of sp³-hybridized carbons (Fsp3) is 0.214. The normalized spacial score (nSPS) is 10.2. The zero-order valence-corrected chi connectivity index (χ0v) is 10.8. The maximum Gasteiger partial charge on any atom is 0.238 e. The molecule has 0 saturated heterocycles. The lowest BCUT2D eigenvalue weighted by molar-refractivity contribution is 0.401. The van der Waals surface area contributed by atoms with Gasteiger partial charge in [0.2, 0.25) is 5.88 Å². The van der Waals surface area contributed by atoms with Crippen LogP contribution in [0, 0.1) is 13.8 Å². The summed E-state index contributed by atoms with van der Waals surface area (Å²) >= 11 is 0. The van der Waals surface area contributed by atoms with Crippen molar-refractivity contribution in [2.75, 3.05) is 18.2 Å². The predicted octanol–water partition coefficient (Wildman–Crippen LogP) is 3.03. The van der Waals surface area contributed by atoms with Gasteiger partial charge in [0.1, 0.15) is 5.82 Å². The van der Waals surface area contributed by atoms with Gasteiger partial charge in [-0.15, -0.1) is 0 Å². The largest absolute Gasteiger partial charge is 0.479 e. The Bertz CT molecular complexity index is 567. The van der Waals surface area contributed by atoms with Gasteiger partial charge in [-0.05, 0) is 37.6 Å². The smallest absolute Gasteiger partial charge is 0.238 e. The Morgan fingerprint density at radius 3 is 2.61 bits per heavy atom. The lowest BCUT2D eigenvalue weighted by Crippen LogP contribution is -2.00. The van der Waals surface area contributed by atoms with Crippen molar-refractivity contribution in [2.45, 2.75) is 13.8 Å². The molecule has 1 aromatic carbocycles. The third kappa shape index (κ3) is 2.53. The number of benzene rings is 1. The number of aryl methyl sites for hydroxylation is 2. The fourth-order valence-electron chi connectivity index (χ4n) is 1.78. The standard InChI is InChI=1S/C14H17N3O/c1-9-4-6-12(10(2)8-9)16-13-7-5-11(15)14(17-13)18-3/h4-8H,15H2,1-3H3,(H,16,17). The quantitative estimate of drug-likeness (QED) is 0.869. The molecule has 2 rings (SSSR count). The Hall–Kier alpha value is -2.23. The van der Waals surface area contributed by atoms with Crippen LogP contribution in [0.25, 0.3) is 0 Å². The number of hydrogen-bond acceptors (Lipinski definition) is 4. The van der Waals surface area contributed by atoms with E-state index in [9.17, 15) is 0 Å². The van der Waals surface area contributed by atoms with Gasteiger partial charge >= 0.3 is 0 Å². The van der Waals surface area contributed by atoms with Gasteiger partial charge in [0.05, 0.1) is 12.8 Å². The van der Waals surface area contributed by atoms with Gasteiger partial charge in [0, 0.05) is 5.69 Å². The van der Waals surface area contributed by atoms with E-state index in [0.717, 1.165) is 5.69 Å². The highest BCUT2D eigenvalue weighted by atomic mass is 16.5. The SMILES string of the molecule is COc1nc(Nc2ccc(C)cc2C)ccc1N. The molecule has 0 aliphatic rings. The Kier molecular flexibility index (Phi) is 3.37. The molecule has 0 aliphatic carbocycles. The number of ether oxygens (including phenoxy) is 1. The van der Waals surface area contributed by atoms with E-state index < -0.39 is 0 Å². The molecule has 0 atom stereocenters. The number of nitrogens with zero attached hydrogens (tertiary/aromatic N) is 1. The first-order chi connectivity index (χ1) is 8.60. The highest BCUT2D eigenvalue weighted by Gasteiger charge is 2.04. The minimum atomic E-state index is 0.435. The first-order valence-corrected chi connectivity index (χ1v) is 5.75. The van der Waals surface area contributed by atoms with Crippen molar-refractivity contribution in [2.24, 2.45) is 0 Å². The maximum atomic E-state index is 5.73. The summed E-state index contributed by atoms with van der Waals surface area (Å²) in [5.74, 6) is 1.15. The number of nitrogen functional groups attached to an aromatic ring is 1. The molecule has 0 unspecified atom stereocenters. The molecular weight excluding hydrogens is 226 g/mol. The second-order valence-corrected chi connectivity index (χ2v) is 4.24. The van der Waals surface area contributed by atoms with Crippen LogP contribution in [0.5, 0.6) is 5.88 Å². The molecule has 0 spiro atoms. The van der Waals surface area contributed by atoms with Crippen LogP contribution in [0.2, 0.25) is 0 Å². The van der Waals surface area contributed by atoms with E-state index in [0.29, 0.717) is 17.4 Å². The summed E-state index contributed by atoms with van der Waals surface area (Å²) < 4.78 is 5.10. The molecular formula is C14H17N3O. The summed E-state index contributed by atoms with van der Waals surface area (Å²) in [6.45, 7) is 4.13. The molecule has 3 N–H and O–H groups in total. The van der Waals surface area contributed by atoms with E-state index in [1.807, 2.05) is 12.1 Å². The van der Waals surface area contributed by atoms with Crippen LogP contribution in [0.3, 0.4) is 0 Å². The maximum absolute atomic E-state index is 5.73.